The molecule has 0 amide bonds. The molecule has 6 heteroatoms. The summed E-state index contributed by atoms with van der Waals surface area (Å²) in [5.41, 5.74) is 0. The van der Waals surface area contributed by atoms with Crippen LogP contribution in [0.4, 0.5) is 0 Å². The summed E-state index contributed by atoms with van der Waals surface area (Å²) in [6.45, 7) is -0.250. The van der Waals surface area contributed by atoms with Crippen LogP contribution < -0.4 is 0 Å². The minimum absolute atomic E-state index is 0. The first-order chi connectivity index (χ1) is 3.33. The topological polar surface area (TPSA) is 40.5 Å². The van der Waals surface area contributed by atoms with Crippen LogP contribution in [-0.4, -0.2) is 63.9 Å². The van der Waals surface area contributed by atoms with E-state index in [1.165, 1.54) is 0 Å². The lowest BCUT2D eigenvalue weighted by atomic mass is 10.8. The highest BCUT2D eigenvalue weighted by atomic mass is 27.1. The molecule has 0 aliphatic rings. The summed E-state index contributed by atoms with van der Waals surface area (Å²) in [7, 11) is 0. The first kappa shape index (κ1) is 31.1. The average molecular weight is 162 g/mol. The molecule has 0 radical (unpaired) electrons. The van der Waals surface area contributed by atoms with E-state index >= 15 is 0 Å². The van der Waals surface area contributed by atoms with Gasteiger partial charge in [0.05, 0.1) is 38.5 Å². The fourth-order valence-electron chi connectivity index (χ4n) is 0. The highest BCUT2D eigenvalue weighted by molar-refractivity contribution is 6.31. The van der Waals surface area contributed by atoms with Crippen LogP contribution >= 0.6 is 0 Å². The summed E-state index contributed by atoms with van der Waals surface area (Å²) in [5, 5.41) is 15.2. The summed E-state index contributed by atoms with van der Waals surface area (Å²) in [5.74, 6) is 4.53. The van der Waals surface area contributed by atoms with Crippen molar-refractivity contribution in [1.29, 1.82) is 0 Å². The maximum atomic E-state index is 7.62. The fourth-order valence-corrected chi connectivity index (χ4v) is 0. The van der Waals surface area contributed by atoms with Crippen LogP contribution in [0.25, 0.3) is 0 Å². The van der Waals surface area contributed by atoms with Gasteiger partial charge in [-0.25, -0.2) is 0 Å². The SMILES string of the molecule is B.B.B.OCCO.[CH3][AlH][CH3]. The molecule has 0 unspecified atom stereocenters. The van der Waals surface area contributed by atoms with Crippen molar-refractivity contribution < 1.29 is 10.2 Å². The molecule has 0 atom stereocenters. The van der Waals surface area contributed by atoms with Gasteiger partial charge in [-0.3, -0.25) is 0 Å². The molecule has 0 bridgehead atoms. The Morgan fingerprint density at radius 2 is 1.00 bits per heavy atom. The third-order valence-electron chi connectivity index (χ3n) is 0.1000. The summed E-state index contributed by atoms with van der Waals surface area (Å²) < 4.78 is 0. The normalized spacial score (nSPS) is 4.40. The van der Waals surface area contributed by atoms with Crippen LogP contribution in [0.15, 0.2) is 0 Å². The van der Waals surface area contributed by atoms with Crippen LogP contribution in [0.3, 0.4) is 0 Å². The second-order valence-electron chi connectivity index (χ2n) is 1.15. The molecule has 0 saturated carbocycles. The van der Waals surface area contributed by atoms with Crippen molar-refractivity contribution >= 4 is 40.5 Å². The lowest BCUT2D eigenvalue weighted by Gasteiger charge is -1.70. The minimum Gasteiger partial charge on any atom is -0.394 e. The van der Waals surface area contributed by atoms with Crippen LogP contribution in [0.5, 0.6) is 0 Å². The van der Waals surface area contributed by atoms with E-state index in [4.69, 9.17) is 10.2 Å². The van der Waals surface area contributed by atoms with Gasteiger partial charge in [0.25, 0.3) is 0 Å². The number of aliphatic hydroxyl groups is 2. The fraction of sp³-hybridized carbons (Fsp3) is 1.00. The van der Waals surface area contributed by atoms with E-state index < -0.39 is 0 Å². The molecule has 0 aromatic heterocycles. The zero-order valence-corrected chi connectivity index (χ0v) is 6.43. The number of aliphatic hydroxyl groups excluding tert-OH is 2. The highest BCUT2D eigenvalue weighted by Gasteiger charge is 1.58. The standard InChI is InChI=1S/C2H6O2.2CH3.Al.3BH3.H/c3-1-2-4;;;;;;;/h3-4H,1-2H2;2*1H3;;3*1H3;. The van der Waals surface area contributed by atoms with Crippen molar-refractivity contribution in [2.45, 2.75) is 11.6 Å². The van der Waals surface area contributed by atoms with Crippen molar-refractivity contribution in [3.05, 3.63) is 0 Å². The largest absolute Gasteiger partial charge is 0.394 e. The second kappa shape index (κ2) is 54.2. The predicted octanol–water partition coefficient (Wildman–Crippen LogP) is -4.06. The molecule has 0 aliphatic carbocycles. The Kier molecular flexibility index (Phi) is 168. The Morgan fingerprint density at radius 1 is 0.900 bits per heavy atom. The van der Waals surface area contributed by atoms with E-state index in [2.05, 4.69) is 11.6 Å². The van der Waals surface area contributed by atoms with Gasteiger partial charge < -0.3 is 10.2 Å². The molecule has 0 saturated heterocycles. The van der Waals surface area contributed by atoms with Crippen LogP contribution in [0, 0.1) is 0 Å². The summed E-state index contributed by atoms with van der Waals surface area (Å²) in [6, 6.07) is 0. The van der Waals surface area contributed by atoms with E-state index in [1.807, 2.05) is 0 Å². The summed E-state index contributed by atoms with van der Waals surface area (Å²) in [6.07, 6.45) is 0. The van der Waals surface area contributed by atoms with Crippen molar-refractivity contribution in [3.8, 4) is 0 Å². The molecule has 0 heterocycles. The quantitative estimate of drug-likeness (QED) is 0.385. The third kappa shape index (κ3) is 186. The van der Waals surface area contributed by atoms with Crippen LogP contribution in [0.1, 0.15) is 0 Å². The van der Waals surface area contributed by atoms with Crippen molar-refractivity contribution in [3.63, 3.8) is 0 Å². The van der Waals surface area contributed by atoms with Gasteiger partial charge in [0.1, 0.15) is 0 Å². The molecule has 10 heavy (non-hydrogen) atoms. The zero-order valence-electron chi connectivity index (χ0n) is 5.02. The first-order valence-corrected chi connectivity index (χ1v) is 5.38. The zero-order chi connectivity index (χ0) is 6.12. The third-order valence-corrected chi connectivity index (χ3v) is 0.1000. The average Bonchev–Trinajstić information content (AvgIpc) is 1.69. The maximum Gasteiger partial charge on any atom is 0.229 e. The molecule has 62 valence electrons. The van der Waals surface area contributed by atoms with Crippen molar-refractivity contribution in [2.24, 2.45) is 0 Å². The van der Waals surface area contributed by atoms with Gasteiger partial charge >= 0.3 is 0 Å². The van der Waals surface area contributed by atoms with Crippen LogP contribution in [0.2, 0.25) is 11.6 Å². The maximum absolute atomic E-state index is 7.62. The molecule has 0 spiro atoms. The molecule has 0 fully saturated rings. The Labute approximate surface area is 75.9 Å². The smallest absolute Gasteiger partial charge is 0.229 e. The molecule has 2 nitrogen and oxygen atoms in total. The van der Waals surface area contributed by atoms with Gasteiger partial charge in [0, 0.05) is 0 Å². The van der Waals surface area contributed by atoms with Gasteiger partial charge in [0.2, 0.25) is 15.2 Å². The number of hydrogen-bond donors (Lipinski definition) is 2. The lowest BCUT2D eigenvalue weighted by Crippen LogP contribution is -1.85. The predicted molar refractivity (Wildman–Crippen MR) is 62.9 cm³/mol. The van der Waals surface area contributed by atoms with E-state index in [0.29, 0.717) is 15.2 Å². The monoisotopic (exact) mass is 162 g/mol. The van der Waals surface area contributed by atoms with Gasteiger partial charge in [-0.2, -0.15) is 0 Å². The Balaban J connectivity index is -0.0000000131. The molecule has 0 aromatic carbocycles. The Hall–Kier alpha value is 0.647. The molecular formula is C4H22AlB3O2. The summed E-state index contributed by atoms with van der Waals surface area (Å²) in [4.78, 5) is 0. The first-order valence-electron chi connectivity index (χ1n) is 2.55. The van der Waals surface area contributed by atoms with Gasteiger partial charge in [-0.05, 0) is 0 Å². The number of hydrogen-bond acceptors (Lipinski definition) is 2. The minimum atomic E-state index is -0.125. The Bertz CT molecular complexity index is 26.0. The summed E-state index contributed by atoms with van der Waals surface area (Å²) >= 11 is 0.417. The molecule has 0 aromatic rings. The van der Waals surface area contributed by atoms with Crippen molar-refractivity contribution in [2.75, 3.05) is 13.2 Å². The molecular weight excluding hydrogens is 139 g/mol. The lowest BCUT2D eigenvalue weighted by molar-refractivity contribution is 0.186. The van der Waals surface area contributed by atoms with E-state index in [9.17, 15) is 0 Å². The van der Waals surface area contributed by atoms with Gasteiger partial charge in [0.15, 0.2) is 0 Å². The van der Waals surface area contributed by atoms with Gasteiger partial charge in [-0.1, -0.05) is 0 Å². The second-order valence-corrected chi connectivity index (χ2v) is 2.57. The highest BCUT2D eigenvalue weighted by Crippen LogP contribution is 1.39. The molecule has 0 rings (SSSR count). The van der Waals surface area contributed by atoms with Crippen LogP contribution in [-0.2, 0) is 0 Å². The van der Waals surface area contributed by atoms with E-state index in [-0.39, 0.29) is 38.5 Å². The van der Waals surface area contributed by atoms with E-state index in [0.717, 1.165) is 0 Å². The van der Waals surface area contributed by atoms with Gasteiger partial charge in [-0.15, -0.1) is 11.6 Å². The number of rotatable bonds is 1. The molecule has 0 aliphatic heterocycles. The van der Waals surface area contributed by atoms with Crippen molar-refractivity contribution in [1.82, 2.24) is 0 Å². The molecule has 2 N–H and O–H groups in total. The Morgan fingerprint density at radius 3 is 1.00 bits per heavy atom. The van der Waals surface area contributed by atoms with E-state index in [1.54, 1.807) is 0 Å².